The minimum Gasteiger partial charge on any atom is -0.340 e. The first-order chi connectivity index (χ1) is 12.1. The molecular weight excluding hydrogens is 320 g/mol. The van der Waals surface area contributed by atoms with Gasteiger partial charge in [-0.25, -0.2) is 0 Å². The van der Waals surface area contributed by atoms with Crippen LogP contribution < -0.4 is 0 Å². The number of hydrogen-bond donors (Lipinski definition) is 0. The maximum Gasteiger partial charge on any atom is 0.254 e. The van der Waals surface area contributed by atoms with E-state index in [1.54, 1.807) is 11.8 Å². The number of carbonyl (C=O) groups is 2. The third-order valence-corrected chi connectivity index (χ3v) is 4.90. The Balaban J connectivity index is 1.41. The highest BCUT2D eigenvalue weighted by Gasteiger charge is 2.32. The molecule has 25 heavy (non-hydrogen) atoms. The van der Waals surface area contributed by atoms with Crippen molar-refractivity contribution in [2.75, 3.05) is 19.6 Å². The maximum atomic E-state index is 12.7. The number of amides is 2. The third kappa shape index (κ3) is 3.01. The number of nitrogens with zero attached hydrogens (tertiary/aromatic N) is 4. The molecule has 1 aromatic carbocycles. The second kappa shape index (κ2) is 6.31. The summed E-state index contributed by atoms with van der Waals surface area (Å²) in [6.45, 7) is 3.67. The van der Waals surface area contributed by atoms with Gasteiger partial charge in [-0.3, -0.25) is 9.59 Å². The van der Waals surface area contributed by atoms with Gasteiger partial charge >= 0.3 is 0 Å². The molecule has 0 N–H and O–H groups in total. The van der Waals surface area contributed by atoms with E-state index in [4.69, 9.17) is 4.52 Å². The number of carbonyl (C=O) groups excluding carboxylic acids is 2. The van der Waals surface area contributed by atoms with Crippen LogP contribution in [-0.4, -0.2) is 51.4 Å². The number of fused-ring (bicyclic) bond motifs is 1. The van der Waals surface area contributed by atoms with Crippen LogP contribution >= 0.6 is 0 Å². The smallest absolute Gasteiger partial charge is 0.254 e. The van der Waals surface area contributed by atoms with Crippen molar-refractivity contribution in [1.82, 2.24) is 19.9 Å². The van der Waals surface area contributed by atoms with E-state index < -0.39 is 0 Å². The van der Waals surface area contributed by atoms with Gasteiger partial charge in [-0.05, 0) is 24.5 Å². The third-order valence-electron chi connectivity index (χ3n) is 4.90. The molecule has 4 rings (SSSR count). The van der Waals surface area contributed by atoms with Gasteiger partial charge in [-0.1, -0.05) is 23.4 Å². The van der Waals surface area contributed by atoms with Crippen molar-refractivity contribution in [3.8, 4) is 0 Å². The Morgan fingerprint density at radius 2 is 2.20 bits per heavy atom. The number of likely N-dealkylation sites (tertiary alicyclic amines) is 1. The SMILES string of the molecule is Cc1nc(C2CCCN(C(=O)CN3Cc4ccccc4C3=O)C2)no1. The molecule has 0 saturated carbocycles. The van der Waals surface area contributed by atoms with Crippen molar-refractivity contribution in [1.29, 1.82) is 0 Å². The summed E-state index contributed by atoms with van der Waals surface area (Å²) in [6, 6.07) is 7.52. The molecule has 3 heterocycles. The van der Waals surface area contributed by atoms with Crippen LogP contribution in [0.5, 0.6) is 0 Å². The molecule has 0 bridgehead atoms. The summed E-state index contributed by atoms with van der Waals surface area (Å²) >= 11 is 0. The lowest BCUT2D eigenvalue weighted by molar-refractivity contribution is -0.133. The molecule has 1 atom stereocenters. The molecule has 2 amide bonds. The second-order valence-corrected chi connectivity index (χ2v) is 6.67. The molecule has 130 valence electrons. The zero-order valence-corrected chi connectivity index (χ0v) is 14.1. The number of hydrogen-bond acceptors (Lipinski definition) is 5. The molecule has 1 saturated heterocycles. The molecular formula is C18H20N4O3. The summed E-state index contributed by atoms with van der Waals surface area (Å²) in [5.41, 5.74) is 1.69. The molecule has 7 heteroatoms. The van der Waals surface area contributed by atoms with Gasteiger partial charge in [0.25, 0.3) is 5.91 Å². The second-order valence-electron chi connectivity index (χ2n) is 6.67. The molecule has 1 unspecified atom stereocenters. The highest BCUT2D eigenvalue weighted by Crippen LogP contribution is 2.26. The van der Waals surface area contributed by atoms with Crippen molar-refractivity contribution >= 4 is 11.8 Å². The Morgan fingerprint density at radius 3 is 2.96 bits per heavy atom. The van der Waals surface area contributed by atoms with Crippen molar-refractivity contribution in [2.45, 2.75) is 32.2 Å². The molecule has 0 radical (unpaired) electrons. The fraction of sp³-hybridized carbons (Fsp3) is 0.444. The highest BCUT2D eigenvalue weighted by atomic mass is 16.5. The molecule has 1 fully saturated rings. The quantitative estimate of drug-likeness (QED) is 0.850. The van der Waals surface area contributed by atoms with Gasteiger partial charge in [0.2, 0.25) is 11.8 Å². The van der Waals surface area contributed by atoms with Crippen LogP contribution in [0.3, 0.4) is 0 Å². The number of benzene rings is 1. The summed E-state index contributed by atoms with van der Waals surface area (Å²) in [7, 11) is 0. The minimum atomic E-state index is -0.0636. The molecule has 0 aliphatic carbocycles. The van der Waals surface area contributed by atoms with Crippen molar-refractivity contribution < 1.29 is 14.1 Å². The van der Waals surface area contributed by atoms with Crippen molar-refractivity contribution in [3.63, 3.8) is 0 Å². The molecule has 0 spiro atoms. The Labute approximate surface area is 145 Å². The van der Waals surface area contributed by atoms with Crippen molar-refractivity contribution in [3.05, 3.63) is 47.1 Å². The lowest BCUT2D eigenvalue weighted by atomic mass is 9.97. The largest absolute Gasteiger partial charge is 0.340 e. The van der Waals surface area contributed by atoms with Gasteiger partial charge in [0, 0.05) is 38.0 Å². The van der Waals surface area contributed by atoms with Gasteiger partial charge in [0.15, 0.2) is 5.82 Å². The Kier molecular flexibility index (Phi) is 3.99. The van der Waals surface area contributed by atoms with E-state index in [9.17, 15) is 9.59 Å². The van der Waals surface area contributed by atoms with E-state index in [0.29, 0.717) is 36.9 Å². The number of piperidine rings is 1. The Bertz CT molecular complexity index is 816. The van der Waals surface area contributed by atoms with E-state index in [2.05, 4.69) is 10.1 Å². The fourth-order valence-electron chi connectivity index (χ4n) is 3.60. The molecule has 1 aromatic heterocycles. The highest BCUT2D eigenvalue weighted by molar-refractivity contribution is 6.00. The zero-order valence-electron chi connectivity index (χ0n) is 14.1. The van der Waals surface area contributed by atoms with Crippen LogP contribution in [0, 0.1) is 6.92 Å². The fourth-order valence-corrected chi connectivity index (χ4v) is 3.60. The number of aryl methyl sites for hydroxylation is 1. The van der Waals surface area contributed by atoms with Crippen LogP contribution in [0.15, 0.2) is 28.8 Å². The predicted octanol–water partition coefficient (Wildman–Crippen LogP) is 1.74. The molecule has 2 aromatic rings. The standard InChI is InChI=1S/C18H20N4O3/c1-12-19-17(20-25-12)14-6-4-8-21(10-14)16(23)11-22-9-13-5-2-3-7-15(13)18(22)24/h2-3,5,7,14H,4,6,8-11H2,1H3. The van der Waals surface area contributed by atoms with Gasteiger partial charge < -0.3 is 14.3 Å². The van der Waals surface area contributed by atoms with Gasteiger partial charge in [0.1, 0.15) is 6.54 Å². The lowest BCUT2D eigenvalue weighted by Gasteiger charge is -2.32. The lowest BCUT2D eigenvalue weighted by Crippen LogP contribution is -2.44. The summed E-state index contributed by atoms with van der Waals surface area (Å²) in [5.74, 6) is 1.22. The van der Waals surface area contributed by atoms with E-state index >= 15 is 0 Å². The van der Waals surface area contributed by atoms with E-state index in [1.165, 1.54) is 0 Å². The van der Waals surface area contributed by atoms with Crippen LogP contribution in [0.4, 0.5) is 0 Å². The summed E-state index contributed by atoms with van der Waals surface area (Å²) in [6.07, 6.45) is 1.84. The van der Waals surface area contributed by atoms with Crippen LogP contribution in [0.25, 0.3) is 0 Å². The maximum absolute atomic E-state index is 12.7. The van der Waals surface area contributed by atoms with E-state index in [1.807, 2.05) is 29.2 Å². The Morgan fingerprint density at radius 1 is 1.36 bits per heavy atom. The Hall–Kier alpha value is -2.70. The zero-order chi connectivity index (χ0) is 17.4. The number of aromatic nitrogens is 2. The monoisotopic (exact) mass is 340 g/mol. The van der Waals surface area contributed by atoms with Gasteiger partial charge in [-0.2, -0.15) is 4.98 Å². The molecule has 7 nitrogen and oxygen atoms in total. The molecule has 2 aliphatic rings. The summed E-state index contributed by atoms with van der Waals surface area (Å²) in [4.78, 5) is 32.9. The first-order valence-electron chi connectivity index (χ1n) is 8.57. The van der Waals surface area contributed by atoms with Crippen LogP contribution in [0.2, 0.25) is 0 Å². The topological polar surface area (TPSA) is 79.5 Å². The normalized spacial score (nSPS) is 20.0. The average Bonchev–Trinajstić information content (AvgIpc) is 3.20. The average molecular weight is 340 g/mol. The summed E-state index contributed by atoms with van der Waals surface area (Å²) < 4.78 is 5.05. The van der Waals surface area contributed by atoms with E-state index in [-0.39, 0.29) is 24.3 Å². The van der Waals surface area contributed by atoms with Crippen LogP contribution in [0.1, 0.15) is 46.4 Å². The predicted molar refractivity (Wildman–Crippen MR) is 88.8 cm³/mol. The molecule has 2 aliphatic heterocycles. The van der Waals surface area contributed by atoms with Gasteiger partial charge in [0.05, 0.1) is 0 Å². The first kappa shape index (κ1) is 15.8. The number of rotatable bonds is 3. The minimum absolute atomic E-state index is 0.0222. The first-order valence-corrected chi connectivity index (χ1v) is 8.57. The summed E-state index contributed by atoms with van der Waals surface area (Å²) in [5, 5.41) is 3.99. The van der Waals surface area contributed by atoms with Crippen LogP contribution in [-0.2, 0) is 11.3 Å². The van der Waals surface area contributed by atoms with Gasteiger partial charge in [-0.15, -0.1) is 0 Å². The van der Waals surface area contributed by atoms with Crippen molar-refractivity contribution in [2.24, 2.45) is 0 Å². The van der Waals surface area contributed by atoms with E-state index in [0.717, 1.165) is 18.4 Å².